The molecule has 8 saturated carbocycles. The van der Waals surface area contributed by atoms with Gasteiger partial charge in [-0.25, -0.2) is 8.42 Å². The first kappa shape index (κ1) is 23.6. The molecule has 34 heavy (non-hydrogen) atoms. The van der Waals surface area contributed by atoms with Gasteiger partial charge in [0.25, 0.3) is 0 Å². The summed E-state index contributed by atoms with van der Waals surface area (Å²) in [6.45, 7) is -1.33. The van der Waals surface area contributed by atoms with Crippen LogP contribution in [0, 0.1) is 46.3 Å². The maximum Gasteiger partial charge on any atom is 0.367 e. The Labute approximate surface area is 201 Å². The molecule has 0 spiro atoms. The lowest BCUT2D eigenvalue weighted by atomic mass is 9.48. The highest BCUT2D eigenvalue weighted by Crippen LogP contribution is 2.63. The number of halogens is 2. The topological polar surface area (TPSA) is 69.7 Å². The van der Waals surface area contributed by atoms with Crippen LogP contribution in [0.25, 0.3) is 0 Å². The molecule has 0 aromatic carbocycles. The van der Waals surface area contributed by atoms with Gasteiger partial charge in [0.05, 0.1) is 12.0 Å². The summed E-state index contributed by atoms with van der Waals surface area (Å²) in [5, 5.41) is -3.94. The Morgan fingerprint density at radius 1 is 0.853 bits per heavy atom. The normalized spacial score (nSPS) is 45.5. The van der Waals surface area contributed by atoms with Gasteiger partial charge in [0, 0.05) is 11.7 Å². The van der Waals surface area contributed by atoms with Gasteiger partial charge in [0.1, 0.15) is 12.7 Å². The lowest BCUT2D eigenvalue weighted by Crippen LogP contribution is -2.56. The number of sulfone groups is 1. The summed E-state index contributed by atoms with van der Waals surface area (Å²) in [6.07, 6.45) is 12.9. The van der Waals surface area contributed by atoms with Gasteiger partial charge in [-0.05, 0) is 113 Å². The fourth-order valence-corrected chi connectivity index (χ4v) is 10.2. The molecule has 0 aliphatic heterocycles. The summed E-state index contributed by atoms with van der Waals surface area (Å²) in [7, 11) is -4.57. The average molecular weight is 501 g/mol. The highest BCUT2D eigenvalue weighted by atomic mass is 32.2. The molecule has 8 aliphatic carbocycles. The number of carbonyl (C=O) groups excluding carboxylic acids is 1. The molecule has 0 N–H and O–H groups in total. The van der Waals surface area contributed by atoms with Gasteiger partial charge >= 0.3 is 11.2 Å². The molecule has 8 heteroatoms. The Morgan fingerprint density at radius 2 is 1.26 bits per heavy atom. The van der Waals surface area contributed by atoms with Crippen molar-refractivity contribution in [1.29, 1.82) is 0 Å². The molecule has 8 fully saturated rings. The molecule has 0 heterocycles. The minimum Gasteiger partial charge on any atom is -0.459 e. The Kier molecular flexibility index (Phi) is 5.47. The number of alkyl halides is 2. The highest BCUT2D eigenvalue weighted by Gasteiger charge is 2.59. The first-order valence-electron chi connectivity index (χ1n) is 13.3. The monoisotopic (exact) mass is 500 g/mol. The molecule has 8 aliphatic rings. The third-order valence-corrected chi connectivity index (χ3v) is 11.8. The predicted octanol–water partition coefficient (Wildman–Crippen LogP) is 4.99. The van der Waals surface area contributed by atoms with Gasteiger partial charge in [-0.1, -0.05) is 0 Å². The number of carbonyl (C=O) groups is 1. The van der Waals surface area contributed by atoms with E-state index in [0.717, 1.165) is 38.5 Å². The molecule has 0 aromatic rings. The van der Waals surface area contributed by atoms with Crippen molar-refractivity contribution in [3.05, 3.63) is 0 Å². The third kappa shape index (κ3) is 3.93. The van der Waals surface area contributed by atoms with E-state index in [0.29, 0.717) is 41.8 Å². The van der Waals surface area contributed by atoms with E-state index in [1.54, 1.807) is 0 Å². The summed E-state index contributed by atoms with van der Waals surface area (Å²) >= 11 is 0. The number of rotatable bonds is 8. The summed E-state index contributed by atoms with van der Waals surface area (Å²) in [5.41, 5.74) is -0.626. The largest absolute Gasteiger partial charge is 0.459 e. The van der Waals surface area contributed by atoms with Crippen molar-refractivity contribution in [2.24, 2.45) is 46.3 Å². The van der Waals surface area contributed by atoms with Gasteiger partial charge in [-0.2, -0.15) is 8.78 Å². The zero-order chi connectivity index (χ0) is 23.9. The Bertz CT molecular complexity index is 874. The molecule has 1 unspecified atom stereocenters. The average Bonchev–Trinajstić information content (AvgIpc) is 2.70. The fraction of sp³-hybridized carbons (Fsp3) is 0.962. The van der Waals surface area contributed by atoms with Gasteiger partial charge in [0.2, 0.25) is 9.84 Å². The second kappa shape index (κ2) is 7.87. The molecule has 8 bridgehead atoms. The lowest BCUT2D eigenvalue weighted by Gasteiger charge is -2.59. The van der Waals surface area contributed by atoms with Crippen molar-refractivity contribution in [2.75, 3.05) is 19.5 Å². The van der Waals surface area contributed by atoms with Crippen LogP contribution in [0.15, 0.2) is 0 Å². The van der Waals surface area contributed by atoms with Crippen LogP contribution < -0.4 is 0 Å². The molecule has 5 nitrogen and oxygen atoms in total. The molecule has 0 saturated heterocycles. The van der Waals surface area contributed by atoms with Crippen LogP contribution in [-0.2, 0) is 24.1 Å². The Hall–Kier alpha value is -0.760. The molecule has 0 aromatic heterocycles. The van der Waals surface area contributed by atoms with Crippen molar-refractivity contribution in [2.45, 2.75) is 88.4 Å². The van der Waals surface area contributed by atoms with Crippen LogP contribution in [0.2, 0.25) is 0 Å². The SMILES string of the molecule is CS(=O)(=O)C(F)(F)COCC(OC(=O)C12CC3CC(CC(C3)C1)C2)C12CC3CC(CC(C3)C1)C2. The third-order valence-electron chi connectivity index (χ3n) is 10.6. The van der Waals surface area contributed by atoms with Gasteiger partial charge in [-0.3, -0.25) is 4.79 Å². The van der Waals surface area contributed by atoms with Crippen molar-refractivity contribution >= 4 is 15.8 Å². The van der Waals surface area contributed by atoms with E-state index < -0.39 is 33.2 Å². The Balaban J connectivity index is 1.22. The summed E-state index contributed by atoms with van der Waals surface area (Å²) in [4.78, 5) is 13.8. The van der Waals surface area contributed by atoms with E-state index in [9.17, 15) is 22.0 Å². The number of hydrogen-bond acceptors (Lipinski definition) is 5. The van der Waals surface area contributed by atoms with Crippen molar-refractivity contribution in [3.8, 4) is 0 Å². The first-order chi connectivity index (χ1) is 16.0. The second-order valence-electron chi connectivity index (χ2n) is 13.3. The molecule has 1 atom stereocenters. The van der Waals surface area contributed by atoms with E-state index in [1.165, 1.54) is 38.5 Å². The summed E-state index contributed by atoms with van der Waals surface area (Å²) in [5.74, 6) is 3.55. The maximum atomic E-state index is 14.1. The van der Waals surface area contributed by atoms with Gasteiger partial charge < -0.3 is 9.47 Å². The second-order valence-corrected chi connectivity index (χ2v) is 15.4. The lowest BCUT2D eigenvalue weighted by molar-refractivity contribution is -0.204. The van der Waals surface area contributed by atoms with Crippen molar-refractivity contribution < 1.29 is 31.5 Å². The van der Waals surface area contributed by atoms with E-state index >= 15 is 0 Å². The van der Waals surface area contributed by atoms with E-state index in [2.05, 4.69) is 0 Å². The van der Waals surface area contributed by atoms with Crippen molar-refractivity contribution in [3.63, 3.8) is 0 Å². The predicted molar refractivity (Wildman–Crippen MR) is 122 cm³/mol. The van der Waals surface area contributed by atoms with Gasteiger partial charge in [-0.15, -0.1) is 0 Å². The van der Waals surface area contributed by atoms with Gasteiger partial charge in [0.15, 0.2) is 0 Å². The maximum absolute atomic E-state index is 14.1. The molecular weight excluding hydrogens is 462 g/mol. The number of esters is 1. The minimum atomic E-state index is -4.57. The van der Waals surface area contributed by atoms with E-state index in [1.807, 2.05) is 0 Å². The highest BCUT2D eigenvalue weighted by molar-refractivity contribution is 7.91. The Morgan fingerprint density at radius 3 is 1.68 bits per heavy atom. The number of hydrogen-bond donors (Lipinski definition) is 0. The fourth-order valence-electron chi connectivity index (χ4n) is 9.91. The molecule has 8 rings (SSSR count). The van der Waals surface area contributed by atoms with E-state index in [4.69, 9.17) is 9.47 Å². The van der Waals surface area contributed by atoms with Crippen molar-refractivity contribution in [1.82, 2.24) is 0 Å². The molecule has 0 amide bonds. The smallest absolute Gasteiger partial charge is 0.367 e. The molecule has 192 valence electrons. The minimum absolute atomic E-state index is 0.134. The first-order valence-corrected chi connectivity index (χ1v) is 15.2. The van der Waals surface area contributed by atoms with E-state index in [-0.39, 0.29) is 18.0 Å². The summed E-state index contributed by atoms with van der Waals surface area (Å²) in [6, 6.07) is 0. The van der Waals surface area contributed by atoms with Crippen LogP contribution in [0.4, 0.5) is 8.78 Å². The molecular formula is C26H38F2O5S. The quantitative estimate of drug-likeness (QED) is 0.440. The molecule has 0 radical (unpaired) electrons. The van der Waals surface area contributed by atoms with Crippen LogP contribution in [0.5, 0.6) is 0 Å². The van der Waals surface area contributed by atoms with Crippen LogP contribution >= 0.6 is 0 Å². The number of ether oxygens (including phenoxy) is 2. The van der Waals surface area contributed by atoms with Crippen LogP contribution in [0.1, 0.15) is 77.0 Å². The summed E-state index contributed by atoms with van der Waals surface area (Å²) < 4.78 is 62.9. The van der Waals surface area contributed by atoms with Crippen LogP contribution in [0.3, 0.4) is 0 Å². The zero-order valence-corrected chi connectivity index (χ0v) is 21.0. The van der Waals surface area contributed by atoms with Crippen LogP contribution in [-0.4, -0.2) is 45.2 Å². The standard InChI is InChI=1S/C26H38F2O5S/c1-34(30,31)26(27,28)15-32-14-22(24-8-16-2-17(9-24)4-18(3-16)10-24)33-23(29)25-11-19-5-20(12-25)7-21(6-19)13-25/h16-22H,2-15H2,1H3. The zero-order valence-electron chi connectivity index (χ0n) is 20.1.